The van der Waals surface area contributed by atoms with E-state index >= 15 is 0 Å². The van der Waals surface area contributed by atoms with E-state index in [1.54, 1.807) is 0 Å². The summed E-state index contributed by atoms with van der Waals surface area (Å²) in [6, 6.07) is 2.10. The second-order valence-electron chi connectivity index (χ2n) is 5.43. The highest BCUT2D eigenvalue weighted by atomic mass is 79.9. The zero-order chi connectivity index (χ0) is 15.6. The molecule has 1 aliphatic rings. The van der Waals surface area contributed by atoms with Crippen LogP contribution in [0.1, 0.15) is 13.8 Å². The van der Waals surface area contributed by atoms with Gasteiger partial charge in [-0.15, -0.1) is 0 Å². The Morgan fingerprint density at radius 1 is 1.62 bits per heavy atom. The molecule has 1 atom stereocenters. The van der Waals surface area contributed by atoms with E-state index in [1.165, 1.54) is 0 Å². The number of nitro groups is 1. The number of benzene rings is 1. The summed E-state index contributed by atoms with van der Waals surface area (Å²) in [6.45, 7) is 5.28. The first-order valence-corrected chi connectivity index (χ1v) is 7.22. The number of morpholine rings is 1. The Kier molecular flexibility index (Phi) is 4.80. The van der Waals surface area contributed by atoms with Gasteiger partial charge in [0, 0.05) is 25.2 Å². The van der Waals surface area contributed by atoms with Crippen LogP contribution in [0, 0.1) is 15.9 Å². The summed E-state index contributed by atoms with van der Waals surface area (Å²) in [4.78, 5) is 10.4. The van der Waals surface area contributed by atoms with Crippen molar-refractivity contribution in [1.29, 1.82) is 0 Å². The Bertz CT molecular complexity index is 553. The predicted octanol–water partition coefficient (Wildman–Crippen LogP) is 2.64. The topological polar surface area (TPSA) is 73.6 Å². The van der Waals surface area contributed by atoms with Crippen molar-refractivity contribution < 1.29 is 18.8 Å². The molecule has 1 heterocycles. The van der Waals surface area contributed by atoms with Gasteiger partial charge in [-0.1, -0.05) is 0 Å². The molecule has 1 N–H and O–H groups in total. The number of nitro benzene ring substituents is 1. The van der Waals surface area contributed by atoms with Gasteiger partial charge in [-0.3, -0.25) is 10.1 Å². The van der Waals surface area contributed by atoms with Crippen LogP contribution in [0.5, 0.6) is 5.75 Å². The maximum atomic E-state index is 13.5. The Morgan fingerprint density at radius 3 is 2.95 bits per heavy atom. The monoisotopic (exact) mass is 362 g/mol. The summed E-state index contributed by atoms with van der Waals surface area (Å²) in [5, 5.41) is 14.2. The van der Waals surface area contributed by atoms with Crippen molar-refractivity contribution in [2.75, 3.05) is 19.7 Å². The number of ether oxygens (including phenoxy) is 2. The second-order valence-corrected chi connectivity index (χ2v) is 6.29. The molecule has 2 rings (SSSR count). The summed E-state index contributed by atoms with van der Waals surface area (Å²) in [6.07, 6.45) is -0.250. The number of rotatable bonds is 4. The highest BCUT2D eigenvalue weighted by molar-refractivity contribution is 9.10. The predicted molar refractivity (Wildman–Crippen MR) is 78.1 cm³/mol. The minimum atomic E-state index is -0.612. The normalized spacial score (nSPS) is 21.0. The maximum absolute atomic E-state index is 13.5. The second kappa shape index (κ2) is 6.25. The quantitative estimate of drug-likeness (QED) is 0.658. The highest BCUT2D eigenvalue weighted by Gasteiger charge is 2.29. The van der Waals surface area contributed by atoms with Gasteiger partial charge in [0.05, 0.1) is 15.0 Å². The molecule has 1 unspecified atom stereocenters. The maximum Gasteiger partial charge on any atom is 0.312 e. The third kappa shape index (κ3) is 4.12. The summed E-state index contributed by atoms with van der Waals surface area (Å²) >= 11 is 2.92. The SMILES string of the molecule is CC1(C)CNCC(COc2cc(F)c(Br)cc2[N+](=O)[O-])O1. The molecule has 21 heavy (non-hydrogen) atoms. The van der Waals surface area contributed by atoms with Crippen LogP contribution in [0.2, 0.25) is 0 Å². The van der Waals surface area contributed by atoms with Gasteiger partial charge in [-0.05, 0) is 29.8 Å². The van der Waals surface area contributed by atoms with Crippen molar-refractivity contribution in [3.05, 3.63) is 32.5 Å². The molecule has 0 aliphatic carbocycles. The lowest BCUT2D eigenvalue weighted by Crippen LogP contribution is -2.52. The molecule has 1 aromatic rings. The Balaban J connectivity index is 2.09. The number of nitrogens with one attached hydrogen (secondary N) is 1. The molecule has 1 fully saturated rings. The van der Waals surface area contributed by atoms with E-state index in [-0.39, 0.29) is 34.2 Å². The fourth-order valence-electron chi connectivity index (χ4n) is 2.12. The summed E-state index contributed by atoms with van der Waals surface area (Å²) < 4.78 is 24.7. The molecular weight excluding hydrogens is 347 g/mol. The van der Waals surface area contributed by atoms with E-state index < -0.39 is 10.7 Å². The molecule has 0 aromatic heterocycles. The highest BCUT2D eigenvalue weighted by Crippen LogP contribution is 2.32. The van der Waals surface area contributed by atoms with Gasteiger partial charge in [-0.2, -0.15) is 0 Å². The molecule has 0 saturated carbocycles. The van der Waals surface area contributed by atoms with Crippen LogP contribution in [-0.2, 0) is 4.74 Å². The lowest BCUT2D eigenvalue weighted by Gasteiger charge is -2.36. The van der Waals surface area contributed by atoms with Crippen molar-refractivity contribution in [3.8, 4) is 5.75 Å². The summed E-state index contributed by atoms with van der Waals surface area (Å²) in [7, 11) is 0. The third-order valence-electron chi connectivity index (χ3n) is 3.03. The first-order chi connectivity index (χ1) is 9.78. The van der Waals surface area contributed by atoms with Gasteiger partial charge >= 0.3 is 5.69 Å². The Labute approximate surface area is 129 Å². The first-order valence-electron chi connectivity index (χ1n) is 6.43. The zero-order valence-corrected chi connectivity index (χ0v) is 13.3. The average Bonchev–Trinajstić information content (AvgIpc) is 2.38. The van der Waals surface area contributed by atoms with E-state index in [0.717, 1.165) is 18.7 Å². The van der Waals surface area contributed by atoms with Gasteiger partial charge in [0.2, 0.25) is 0 Å². The van der Waals surface area contributed by atoms with E-state index in [9.17, 15) is 14.5 Å². The van der Waals surface area contributed by atoms with Crippen LogP contribution < -0.4 is 10.1 Å². The van der Waals surface area contributed by atoms with Crippen LogP contribution in [0.4, 0.5) is 10.1 Å². The van der Waals surface area contributed by atoms with Gasteiger partial charge in [-0.25, -0.2) is 4.39 Å². The van der Waals surface area contributed by atoms with Crippen molar-refractivity contribution >= 4 is 21.6 Å². The van der Waals surface area contributed by atoms with Crippen molar-refractivity contribution in [2.24, 2.45) is 0 Å². The van der Waals surface area contributed by atoms with Gasteiger partial charge < -0.3 is 14.8 Å². The Hall–Kier alpha value is -1.25. The van der Waals surface area contributed by atoms with Crippen molar-refractivity contribution in [2.45, 2.75) is 25.6 Å². The van der Waals surface area contributed by atoms with E-state index in [4.69, 9.17) is 9.47 Å². The zero-order valence-electron chi connectivity index (χ0n) is 11.7. The van der Waals surface area contributed by atoms with Gasteiger partial charge in [0.15, 0.2) is 5.75 Å². The molecule has 6 nitrogen and oxygen atoms in total. The lowest BCUT2D eigenvalue weighted by molar-refractivity contribution is -0.386. The Morgan fingerprint density at radius 2 is 2.33 bits per heavy atom. The molecule has 1 saturated heterocycles. The van der Waals surface area contributed by atoms with Crippen LogP contribution >= 0.6 is 15.9 Å². The fraction of sp³-hybridized carbons (Fsp3) is 0.538. The van der Waals surface area contributed by atoms with E-state index in [1.807, 2.05) is 13.8 Å². The number of hydrogen-bond donors (Lipinski definition) is 1. The third-order valence-corrected chi connectivity index (χ3v) is 3.64. The molecule has 0 bridgehead atoms. The lowest BCUT2D eigenvalue weighted by atomic mass is 10.1. The molecule has 1 aliphatic heterocycles. The molecule has 116 valence electrons. The van der Waals surface area contributed by atoms with E-state index in [2.05, 4.69) is 21.2 Å². The smallest absolute Gasteiger partial charge is 0.312 e. The van der Waals surface area contributed by atoms with Crippen LogP contribution in [0.15, 0.2) is 16.6 Å². The summed E-state index contributed by atoms with van der Waals surface area (Å²) in [5.41, 5.74) is -0.616. The molecule has 0 radical (unpaired) electrons. The average molecular weight is 363 g/mol. The standard InChI is InChI=1S/C13H16BrFN2O4/c1-13(2)7-16-5-8(21-13)6-20-12-4-10(15)9(14)3-11(12)17(18)19/h3-4,8,16H,5-7H2,1-2H3. The van der Waals surface area contributed by atoms with Crippen LogP contribution in [-0.4, -0.2) is 36.3 Å². The molecule has 1 aromatic carbocycles. The fourth-order valence-corrected chi connectivity index (χ4v) is 2.45. The largest absolute Gasteiger partial charge is 0.484 e. The molecule has 0 amide bonds. The first kappa shape index (κ1) is 16.1. The molecule has 0 spiro atoms. The number of nitrogens with zero attached hydrogens (tertiary/aromatic N) is 1. The van der Waals surface area contributed by atoms with E-state index in [0.29, 0.717) is 6.54 Å². The van der Waals surface area contributed by atoms with Crippen molar-refractivity contribution in [3.63, 3.8) is 0 Å². The number of hydrogen-bond acceptors (Lipinski definition) is 5. The van der Waals surface area contributed by atoms with Crippen LogP contribution in [0.25, 0.3) is 0 Å². The van der Waals surface area contributed by atoms with Gasteiger partial charge in [0.1, 0.15) is 18.5 Å². The minimum Gasteiger partial charge on any atom is -0.484 e. The minimum absolute atomic E-state index is 0.0262. The van der Waals surface area contributed by atoms with Crippen LogP contribution in [0.3, 0.4) is 0 Å². The number of halogens is 2. The molecular formula is C13H16BrFN2O4. The molecule has 8 heteroatoms. The van der Waals surface area contributed by atoms with Gasteiger partial charge in [0.25, 0.3) is 0 Å². The van der Waals surface area contributed by atoms with Crippen molar-refractivity contribution in [1.82, 2.24) is 5.32 Å². The summed E-state index contributed by atoms with van der Waals surface area (Å²) in [5.74, 6) is -0.716.